The molecule has 0 aliphatic carbocycles. The van der Waals surface area contributed by atoms with Crippen molar-refractivity contribution in [1.82, 2.24) is 20.1 Å². The first-order chi connectivity index (χ1) is 10.3. The minimum atomic E-state index is -0.105. The molecule has 6 heteroatoms. The number of para-hydroxylation sites is 1. The molecule has 1 amide bonds. The Balaban J connectivity index is 1.82. The lowest BCUT2D eigenvalue weighted by Crippen LogP contribution is -2.43. The normalized spacial score (nSPS) is 18.4. The molecule has 1 aromatic carbocycles. The number of hydrogen-bond donors (Lipinski definition) is 2. The van der Waals surface area contributed by atoms with E-state index in [0.717, 1.165) is 42.9 Å². The largest absolute Gasteiger partial charge is 0.324 e. The van der Waals surface area contributed by atoms with Crippen LogP contribution in [0.2, 0.25) is 0 Å². The molecule has 1 aliphatic rings. The molecular formula is C15H19N5O. The molecule has 3 rings (SSSR count). The van der Waals surface area contributed by atoms with Gasteiger partial charge in [0.1, 0.15) is 6.33 Å². The number of hydrogen-bond acceptors (Lipinski definition) is 4. The van der Waals surface area contributed by atoms with Gasteiger partial charge in [-0.3, -0.25) is 4.79 Å². The average molecular weight is 285 g/mol. The predicted molar refractivity (Wildman–Crippen MR) is 80.7 cm³/mol. The standard InChI is InChI=1S/C15H19N5O/c1-20-10-17-19-14(20)11-6-2-3-7-12(11)18-15(21)13-8-4-5-9-16-13/h2-3,6-7,10,13,16H,4-5,8-9H2,1H3,(H,18,21)/t13-/m1/s1. The van der Waals surface area contributed by atoms with E-state index in [1.54, 1.807) is 6.33 Å². The van der Waals surface area contributed by atoms with Crippen molar-refractivity contribution in [2.24, 2.45) is 7.05 Å². The Bertz CT molecular complexity index is 630. The number of nitrogens with zero attached hydrogens (tertiary/aromatic N) is 3. The minimum Gasteiger partial charge on any atom is -0.324 e. The molecule has 0 radical (unpaired) electrons. The zero-order valence-electron chi connectivity index (χ0n) is 12.0. The molecule has 21 heavy (non-hydrogen) atoms. The molecule has 1 fully saturated rings. The molecule has 2 heterocycles. The van der Waals surface area contributed by atoms with Crippen molar-refractivity contribution in [2.45, 2.75) is 25.3 Å². The van der Waals surface area contributed by atoms with Crippen LogP contribution >= 0.6 is 0 Å². The molecule has 6 nitrogen and oxygen atoms in total. The summed E-state index contributed by atoms with van der Waals surface area (Å²) in [7, 11) is 1.89. The fraction of sp³-hybridized carbons (Fsp3) is 0.400. The molecule has 1 saturated heterocycles. The molecular weight excluding hydrogens is 266 g/mol. The van der Waals surface area contributed by atoms with Gasteiger partial charge < -0.3 is 15.2 Å². The van der Waals surface area contributed by atoms with Crippen LogP contribution in [0.3, 0.4) is 0 Å². The van der Waals surface area contributed by atoms with E-state index in [1.807, 2.05) is 35.9 Å². The van der Waals surface area contributed by atoms with Crippen LogP contribution in [0.15, 0.2) is 30.6 Å². The second-order valence-electron chi connectivity index (χ2n) is 5.30. The van der Waals surface area contributed by atoms with Gasteiger partial charge in [0.25, 0.3) is 0 Å². The van der Waals surface area contributed by atoms with Gasteiger partial charge in [-0.15, -0.1) is 10.2 Å². The topological polar surface area (TPSA) is 71.8 Å². The summed E-state index contributed by atoms with van der Waals surface area (Å²) in [4.78, 5) is 12.4. The Labute approximate surface area is 123 Å². The van der Waals surface area contributed by atoms with Crippen LogP contribution in [-0.4, -0.2) is 33.3 Å². The lowest BCUT2D eigenvalue weighted by atomic mass is 10.0. The Morgan fingerprint density at radius 2 is 2.24 bits per heavy atom. The number of carbonyl (C=O) groups excluding carboxylic acids is 1. The first-order valence-electron chi connectivity index (χ1n) is 7.23. The van der Waals surface area contributed by atoms with Crippen LogP contribution in [0, 0.1) is 0 Å². The summed E-state index contributed by atoms with van der Waals surface area (Å²) in [5.41, 5.74) is 1.65. The molecule has 1 aliphatic heterocycles. The number of carbonyl (C=O) groups is 1. The first-order valence-corrected chi connectivity index (χ1v) is 7.23. The molecule has 0 bridgehead atoms. The zero-order chi connectivity index (χ0) is 14.7. The van der Waals surface area contributed by atoms with Crippen molar-refractivity contribution < 1.29 is 4.79 Å². The fourth-order valence-electron chi connectivity index (χ4n) is 2.61. The molecule has 1 atom stereocenters. The van der Waals surface area contributed by atoms with Gasteiger partial charge in [0.05, 0.1) is 11.7 Å². The first kappa shape index (κ1) is 13.8. The fourth-order valence-corrected chi connectivity index (χ4v) is 2.61. The van der Waals surface area contributed by atoms with Gasteiger partial charge in [-0.05, 0) is 31.5 Å². The summed E-state index contributed by atoms with van der Waals surface area (Å²) in [6, 6.07) is 7.56. The number of anilines is 1. The number of benzene rings is 1. The highest BCUT2D eigenvalue weighted by Crippen LogP contribution is 2.26. The third-order valence-corrected chi connectivity index (χ3v) is 3.76. The van der Waals surface area contributed by atoms with Gasteiger partial charge >= 0.3 is 0 Å². The summed E-state index contributed by atoms with van der Waals surface area (Å²) in [5, 5.41) is 14.3. The van der Waals surface area contributed by atoms with Crippen molar-refractivity contribution in [3.63, 3.8) is 0 Å². The highest BCUT2D eigenvalue weighted by molar-refractivity contribution is 5.98. The van der Waals surface area contributed by atoms with Crippen LogP contribution < -0.4 is 10.6 Å². The predicted octanol–water partition coefficient (Wildman–Crippen LogP) is 1.56. The van der Waals surface area contributed by atoms with E-state index < -0.39 is 0 Å². The van der Waals surface area contributed by atoms with E-state index in [-0.39, 0.29) is 11.9 Å². The van der Waals surface area contributed by atoms with Gasteiger partial charge in [-0.1, -0.05) is 18.6 Å². The summed E-state index contributed by atoms with van der Waals surface area (Å²) >= 11 is 0. The molecule has 0 spiro atoms. The van der Waals surface area contributed by atoms with Gasteiger partial charge in [0, 0.05) is 12.6 Å². The van der Waals surface area contributed by atoms with Crippen LogP contribution in [0.5, 0.6) is 0 Å². The van der Waals surface area contributed by atoms with Crippen molar-refractivity contribution in [3.8, 4) is 11.4 Å². The maximum Gasteiger partial charge on any atom is 0.241 e. The van der Waals surface area contributed by atoms with E-state index in [1.165, 1.54) is 0 Å². The van der Waals surface area contributed by atoms with Crippen molar-refractivity contribution in [3.05, 3.63) is 30.6 Å². The SMILES string of the molecule is Cn1cnnc1-c1ccccc1NC(=O)[C@H]1CCCCN1. The Morgan fingerprint density at radius 1 is 1.38 bits per heavy atom. The Kier molecular flexibility index (Phi) is 3.96. The maximum absolute atomic E-state index is 12.4. The van der Waals surface area contributed by atoms with E-state index in [4.69, 9.17) is 0 Å². The van der Waals surface area contributed by atoms with Gasteiger partial charge in [0.15, 0.2) is 5.82 Å². The quantitative estimate of drug-likeness (QED) is 0.898. The summed E-state index contributed by atoms with van der Waals surface area (Å²) in [6.07, 6.45) is 4.77. The van der Waals surface area contributed by atoms with Crippen molar-refractivity contribution in [1.29, 1.82) is 0 Å². The number of aryl methyl sites for hydroxylation is 1. The number of rotatable bonds is 3. The van der Waals surface area contributed by atoms with Crippen LogP contribution in [0.1, 0.15) is 19.3 Å². The van der Waals surface area contributed by atoms with Crippen molar-refractivity contribution >= 4 is 11.6 Å². The second kappa shape index (κ2) is 6.05. The lowest BCUT2D eigenvalue weighted by molar-refractivity contribution is -0.118. The third kappa shape index (κ3) is 2.95. The Hall–Kier alpha value is -2.21. The molecule has 2 aromatic rings. The average Bonchev–Trinajstić information content (AvgIpc) is 2.95. The maximum atomic E-state index is 12.4. The van der Waals surface area contributed by atoms with Crippen LogP contribution in [0.25, 0.3) is 11.4 Å². The number of nitrogens with one attached hydrogen (secondary N) is 2. The van der Waals surface area contributed by atoms with E-state index in [2.05, 4.69) is 20.8 Å². The number of amides is 1. The van der Waals surface area contributed by atoms with Crippen molar-refractivity contribution in [2.75, 3.05) is 11.9 Å². The lowest BCUT2D eigenvalue weighted by Gasteiger charge is -2.23. The zero-order valence-corrected chi connectivity index (χ0v) is 12.0. The van der Waals surface area contributed by atoms with Crippen LogP contribution in [0.4, 0.5) is 5.69 Å². The van der Waals surface area contributed by atoms with Crippen LogP contribution in [-0.2, 0) is 11.8 Å². The molecule has 1 aromatic heterocycles. The molecule has 0 unspecified atom stereocenters. The molecule has 2 N–H and O–H groups in total. The third-order valence-electron chi connectivity index (χ3n) is 3.76. The summed E-state index contributed by atoms with van der Waals surface area (Å²) in [5.74, 6) is 0.756. The van der Waals surface area contributed by atoms with Gasteiger partial charge in [-0.2, -0.15) is 0 Å². The molecule has 110 valence electrons. The number of aromatic nitrogens is 3. The van der Waals surface area contributed by atoms with E-state index in [9.17, 15) is 4.79 Å². The summed E-state index contributed by atoms with van der Waals surface area (Å²) in [6.45, 7) is 0.906. The second-order valence-corrected chi connectivity index (χ2v) is 5.30. The highest BCUT2D eigenvalue weighted by Gasteiger charge is 2.21. The number of piperidine rings is 1. The van der Waals surface area contributed by atoms with Gasteiger partial charge in [-0.25, -0.2) is 0 Å². The minimum absolute atomic E-state index is 0.0179. The summed E-state index contributed by atoms with van der Waals surface area (Å²) < 4.78 is 1.84. The van der Waals surface area contributed by atoms with Gasteiger partial charge in [0.2, 0.25) is 5.91 Å². The smallest absolute Gasteiger partial charge is 0.241 e. The van der Waals surface area contributed by atoms with E-state index in [0.29, 0.717) is 0 Å². The molecule has 0 saturated carbocycles. The Morgan fingerprint density at radius 3 is 2.95 bits per heavy atom. The monoisotopic (exact) mass is 285 g/mol. The van der Waals surface area contributed by atoms with E-state index >= 15 is 0 Å². The highest BCUT2D eigenvalue weighted by atomic mass is 16.2.